The molecule has 2 fully saturated rings. The summed E-state index contributed by atoms with van der Waals surface area (Å²) in [5, 5.41) is 0.589. The van der Waals surface area contributed by atoms with E-state index in [2.05, 4.69) is 13.8 Å². The molecule has 0 saturated carbocycles. The maximum Gasteiger partial charge on any atom is 0.332 e. The number of carbonyl (C=O) groups excluding carboxylic acids is 2. The zero-order chi connectivity index (χ0) is 14.5. The molecule has 0 aliphatic carbocycles. The predicted octanol–water partition coefficient (Wildman–Crippen LogP) is 3.30. The monoisotopic (exact) mass is 292 g/mol. The summed E-state index contributed by atoms with van der Waals surface area (Å²) in [5.74, 6) is -0.123. The zero-order valence-electron chi connectivity index (χ0n) is 11.6. The van der Waals surface area contributed by atoms with Crippen LogP contribution >= 0.6 is 11.6 Å². The first kappa shape index (κ1) is 13.4. The Balaban J connectivity index is 2.00. The first-order chi connectivity index (χ1) is 9.42. The molecule has 2 heterocycles. The number of benzene rings is 1. The lowest BCUT2D eigenvalue weighted by Crippen LogP contribution is -2.49. The van der Waals surface area contributed by atoms with Gasteiger partial charge in [0.25, 0.3) is 5.91 Å². The van der Waals surface area contributed by atoms with Crippen molar-refractivity contribution in [1.29, 1.82) is 0 Å². The van der Waals surface area contributed by atoms with Crippen molar-refractivity contribution >= 4 is 29.2 Å². The third kappa shape index (κ3) is 1.90. The molecule has 106 valence electrons. The Kier molecular flexibility index (Phi) is 3.01. The van der Waals surface area contributed by atoms with Crippen molar-refractivity contribution in [2.45, 2.75) is 32.7 Å². The third-order valence-corrected chi connectivity index (χ3v) is 4.50. The van der Waals surface area contributed by atoms with E-state index in [1.54, 1.807) is 29.2 Å². The smallest absolute Gasteiger partial charge is 0.311 e. The number of imide groups is 1. The second kappa shape index (κ2) is 4.48. The number of rotatable bonds is 1. The van der Waals surface area contributed by atoms with Gasteiger partial charge < -0.3 is 4.90 Å². The third-order valence-electron chi connectivity index (χ3n) is 4.25. The van der Waals surface area contributed by atoms with Crippen molar-refractivity contribution in [3.05, 3.63) is 29.3 Å². The number of urea groups is 1. The molecule has 3 rings (SSSR count). The van der Waals surface area contributed by atoms with Crippen LogP contribution in [0.4, 0.5) is 10.5 Å². The maximum atomic E-state index is 12.7. The van der Waals surface area contributed by atoms with E-state index >= 15 is 0 Å². The van der Waals surface area contributed by atoms with Gasteiger partial charge in [-0.05, 0) is 42.5 Å². The Morgan fingerprint density at radius 3 is 2.45 bits per heavy atom. The van der Waals surface area contributed by atoms with Gasteiger partial charge >= 0.3 is 6.03 Å². The van der Waals surface area contributed by atoms with Crippen LogP contribution in [0.1, 0.15) is 26.7 Å². The van der Waals surface area contributed by atoms with Gasteiger partial charge in [0.15, 0.2) is 0 Å². The first-order valence-electron chi connectivity index (χ1n) is 6.82. The minimum atomic E-state index is -0.348. The van der Waals surface area contributed by atoms with Gasteiger partial charge in [-0.2, -0.15) is 0 Å². The second-order valence-electron chi connectivity index (χ2n) is 6.12. The highest BCUT2D eigenvalue weighted by Crippen LogP contribution is 2.41. The minimum Gasteiger partial charge on any atom is -0.311 e. The van der Waals surface area contributed by atoms with E-state index in [-0.39, 0.29) is 23.4 Å². The summed E-state index contributed by atoms with van der Waals surface area (Å²) in [7, 11) is 0. The molecule has 3 amide bonds. The van der Waals surface area contributed by atoms with Crippen molar-refractivity contribution in [1.82, 2.24) is 4.90 Å². The molecule has 2 saturated heterocycles. The summed E-state index contributed by atoms with van der Waals surface area (Å²) in [6.07, 6.45) is 1.90. The summed E-state index contributed by atoms with van der Waals surface area (Å²) >= 11 is 5.86. The lowest BCUT2D eigenvalue weighted by molar-refractivity contribution is -0.124. The lowest BCUT2D eigenvalue weighted by Gasteiger charge is -2.39. The van der Waals surface area contributed by atoms with Crippen molar-refractivity contribution in [2.75, 3.05) is 11.4 Å². The zero-order valence-corrected chi connectivity index (χ0v) is 12.4. The molecule has 0 radical (unpaired) electrons. The first-order valence-corrected chi connectivity index (χ1v) is 7.20. The van der Waals surface area contributed by atoms with Crippen LogP contribution in [-0.2, 0) is 4.79 Å². The standard InChI is InChI=1S/C15H17ClN2O2/c1-15(2)8-3-9-17-12(15)13(19)18(14(17)20)11-6-4-10(16)5-7-11/h4-7,12H,3,8-9H2,1-2H3. The SMILES string of the molecule is CC1(C)CCCN2C(=O)N(c3ccc(Cl)cc3)C(=O)C21. The normalized spacial score (nSPS) is 25.1. The van der Waals surface area contributed by atoms with Crippen LogP contribution in [0, 0.1) is 5.41 Å². The second-order valence-corrected chi connectivity index (χ2v) is 6.56. The van der Waals surface area contributed by atoms with Gasteiger partial charge in [-0.15, -0.1) is 0 Å². The Hall–Kier alpha value is -1.55. The highest BCUT2D eigenvalue weighted by atomic mass is 35.5. The molecule has 0 bridgehead atoms. The molecule has 1 aromatic carbocycles. The highest BCUT2D eigenvalue weighted by molar-refractivity contribution is 6.30. The van der Waals surface area contributed by atoms with Crippen molar-refractivity contribution in [3.63, 3.8) is 0 Å². The molecule has 1 atom stereocenters. The van der Waals surface area contributed by atoms with Crippen LogP contribution in [0.5, 0.6) is 0 Å². The molecule has 2 aliphatic heterocycles. The van der Waals surface area contributed by atoms with E-state index < -0.39 is 0 Å². The number of piperidine rings is 1. The topological polar surface area (TPSA) is 40.6 Å². The van der Waals surface area contributed by atoms with Gasteiger partial charge in [0.1, 0.15) is 6.04 Å². The fourth-order valence-corrected chi connectivity index (χ4v) is 3.37. The van der Waals surface area contributed by atoms with Gasteiger partial charge in [-0.25, -0.2) is 9.69 Å². The van der Waals surface area contributed by atoms with Crippen LogP contribution in [0.2, 0.25) is 5.02 Å². The number of halogens is 1. The van der Waals surface area contributed by atoms with Crippen molar-refractivity contribution < 1.29 is 9.59 Å². The number of hydrogen-bond donors (Lipinski definition) is 0. The number of fused-ring (bicyclic) bond motifs is 1. The summed E-state index contributed by atoms with van der Waals surface area (Å²) in [4.78, 5) is 28.2. The average Bonchev–Trinajstić information content (AvgIpc) is 2.64. The van der Waals surface area contributed by atoms with Crippen LogP contribution in [0.3, 0.4) is 0 Å². The summed E-state index contributed by atoms with van der Waals surface area (Å²) in [6.45, 7) is 4.77. The molecule has 0 aromatic heterocycles. The van der Waals surface area contributed by atoms with Gasteiger partial charge in [-0.3, -0.25) is 4.79 Å². The summed E-state index contributed by atoms with van der Waals surface area (Å²) < 4.78 is 0. The fraction of sp³-hybridized carbons (Fsp3) is 0.467. The van der Waals surface area contributed by atoms with Gasteiger partial charge in [0.2, 0.25) is 0 Å². The van der Waals surface area contributed by atoms with Crippen LogP contribution in [0.25, 0.3) is 0 Å². The van der Waals surface area contributed by atoms with E-state index in [1.807, 2.05) is 0 Å². The number of nitrogens with zero attached hydrogens (tertiary/aromatic N) is 2. The maximum absolute atomic E-state index is 12.7. The Labute approximate surface area is 123 Å². The summed E-state index contributed by atoms with van der Waals surface area (Å²) in [6, 6.07) is 6.25. The molecule has 4 nitrogen and oxygen atoms in total. The molecule has 20 heavy (non-hydrogen) atoms. The van der Waals surface area contributed by atoms with Gasteiger partial charge in [0, 0.05) is 11.6 Å². The summed E-state index contributed by atoms with van der Waals surface area (Å²) in [5.41, 5.74) is 0.418. The molecule has 5 heteroatoms. The van der Waals surface area contributed by atoms with Crippen LogP contribution in [0.15, 0.2) is 24.3 Å². The molecule has 0 N–H and O–H groups in total. The minimum absolute atomic E-state index is 0.123. The number of amides is 3. The molecule has 1 aromatic rings. The predicted molar refractivity (Wildman–Crippen MR) is 77.8 cm³/mol. The number of hydrogen-bond acceptors (Lipinski definition) is 2. The van der Waals surface area contributed by atoms with Crippen molar-refractivity contribution in [3.8, 4) is 0 Å². The van der Waals surface area contributed by atoms with Gasteiger partial charge in [0.05, 0.1) is 5.69 Å². The molecule has 1 unspecified atom stereocenters. The molecular weight excluding hydrogens is 276 g/mol. The Morgan fingerprint density at radius 1 is 1.20 bits per heavy atom. The van der Waals surface area contributed by atoms with E-state index in [9.17, 15) is 9.59 Å². The quantitative estimate of drug-likeness (QED) is 0.745. The van der Waals surface area contributed by atoms with Crippen molar-refractivity contribution in [2.24, 2.45) is 5.41 Å². The molecule has 2 aliphatic rings. The Morgan fingerprint density at radius 2 is 1.85 bits per heavy atom. The highest BCUT2D eigenvalue weighted by Gasteiger charge is 2.53. The molecule has 0 spiro atoms. The average molecular weight is 293 g/mol. The molecular formula is C15H17ClN2O2. The van der Waals surface area contributed by atoms with E-state index in [0.29, 0.717) is 17.3 Å². The Bertz CT molecular complexity index is 568. The largest absolute Gasteiger partial charge is 0.332 e. The van der Waals surface area contributed by atoms with Crippen LogP contribution in [-0.4, -0.2) is 29.4 Å². The fourth-order valence-electron chi connectivity index (χ4n) is 3.24. The van der Waals surface area contributed by atoms with Crippen LogP contribution < -0.4 is 4.90 Å². The van der Waals surface area contributed by atoms with E-state index in [0.717, 1.165) is 12.8 Å². The number of anilines is 1. The van der Waals surface area contributed by atoms with E-state index in [1.165, 1.54) is 4.90 Å². The van der Waals surface area contributed by atoms with E-state index in [4.69, 9.17) is 11.6 Å². The number of carbonyl (C=O) groups is 2. The van der Waals surface area contributed by atoms with Gasteiger partial charge in [-0.1, -0.05) is 25.4 Å². The lowest BCUT2D eigenvalue weighted by atomic mass is 9.77.